The molecule has 0 bridgehead atoms. The molecule has 0 spiro atoms. The quantitative estimate of drug-likeness (QED) is 0.730. The summed E-state index contributed by atoms with van der Waals surface area (Å²) in [6.07, 6.45) is -1.53. The van der Waals surface area contributed by atoms with E-state index in [1.54, 1.807) is 6.92 Å². The minimum atomic E-state index is -1.53. The molecule has 0 fully saturated rings. The normalized spacial score (nSPS) is 11.8. The van der Waals surface area contributed by atoms with Gasteiger partial charge in [-0.3, -0.25) is 0 Å². The number of hydrogen-bond donors (Lipinski definition) is 2. The number of carboxylic acid groups (broad SMARTS) is 1. The SMILES string of the molecule is Cc1cc(C(O)C(=O)O)ccc1C#N. The van der Waals surface area contributed by atoms with Crippen molar-refractivity contribution in [2.75, 3.05) is 0 Å². The van der Waals surface area contributed by atoms with Crippen LogP contribution in [0, 0.1) is 18.3 Å². The summed E-state index contributed by atoms with van der Waals surface area (Å²) < 4.78 is 0. The van der Waals surface area contributed by atoms with Gasteiger partial charge in [0.1, 0.15) is 0 Å². The van der Waals surface area contributed by atoms with Crippen LogP contribution in [0.15, 0.2) is 18.2 Å². The number of aryl methyl sites for hydroxylation is 1. The third-order valence-electron chi connectivity index (χ3n) is 1.92. The van der Waals surface area contributed by atoms with Crippen LogP contribution in [0.3, 0.4) is 0 Å². The summed E-state index contributed by atoms with van der Waals surface area (Å²) in [6.45, 7) is 1.69. The molecule has 0 saturated heterocycles. The molecule has 0 saturated carbocycles. The van der Waals surface area contributed by atoms with Crippen molar-refractivity contribution in [3.05, 3.63) is 34.9 Å². The van der Waals surface area contributed by atoms with Gasteiger partial charge in [0.25, 0.3) is 0 Å². The lowest BCUT2D eigenvalue weighted by Gasteiger charge is -2.06. The van der Waals surface area contributed by atoms with E-state index in [-0.39, 0.29) is 5.56 Å². The summed E-state index contributed by atoms with van der Waals surface area (Å²) in [4.78, 5) is 10.5. The van der Waals surface area contributed by atoms with Crippen molar-refractivity contribution in [1.29, 1.82) is 5.26 Å². The number of carboxylic acids is 1. The zero-order valence-corrected chi connectivity index (χ0v) is 7.56. The molecule has 1 unspecified atom stereocenters. The molecule has 1 atom stereocenters. The van der Waals surface area contributed by atoms with E-state index >= 15 is 0 Å². The molecule has 72 valence electrons. The average Bonchev–Trinajstić information content (AvgIpc) is 2.16. The predicted molar refractivity (Wildman–Crippen MR) is 48.5 cm³/mol. The molecule has 0 amide bonds. The van der Waals surface area contributed by atoms with Gasteiger partial charge in [0.05, 0.1) is 11.6 Å². The lowest BCUT2D eigenvalue weighted by Crippen LogP contribution is -2.10. The highest BCUT2D eigenvalue weighted by Gasteiger charge is 2.16. The second kappa shape index (κ2) is 3.90. The van der Waals surface area contributed by atoms with Gasteiger partial charge in [-0.1, -0.05) is 12.1 Å². The Bertz CT molecular complexity index is 406. The topological polar surface area (TPSA) is 81.3 Å². The fraction of sp³-hybridized carbons (Fsp3) is 0.200. The number of nitrogens with zero attached hydrogens (tertiary/aromatic N) is 1. The van der Waals surface area contributed by atoms with E-state index in [2.05, 4.69) is 0 Å². The van der Waals surface area contributed by atoms with Gasteiger partial charge < -0.3 is 10.2 Å². The van der Waals surface area contributed by atoms with E-state index in [0.29, 0.717) is 11.1 Å². The van der Waals surface area contributed by atoms with E-state index in [0.717, 1.165) is 0 Å². The molecule has 0 aliphatic rings. The van der Waals surface area contributed by atoms with E-state index in [9.17, 15) is 9.90 Å². The molecular formula is C10H9NO3. The number of aliphatic hydroxyl groups excluding tert-OH is 1. The fourth-order valence-corrected chi connectivity index (χ4v) is 1.12. The number of benzene rings is 1. The minimum absolute atomic E-state index is 0.286. The smallest absolute Gasteiger partial charge is 0.337 e. The Morgan fingerprint density at radius 2 is 2.21 bits per heavy atom. The van der Waals surface area contributed by atoms with Crippen molar-refractivity contribution in [3.63, 3.8) is 0 Å². The molecule has 1 rings (SSSR count). The van der Waals surface area contributed by atoms with E-state index < -0.39 is 12.1 Å². The van der Waals surface area contributed by atoms with Gasteiger partial charge in [-0.15, -0.1) is 0 Å². The van der Waals surface area contributed by atoms with Gasteiger partial charge in [0.15, 0.2) is 6.10 Å². The average molecular weight is 191 g/mol. The molecule has 4 heteroatoms. The maximum Gasteiger partial charge on any atom is 0.337 e. The van der Waals surface area contributed by atoms with Gasteiger partial charge in [0, 0.05) is 0 Å². The van der Waals surface area contributed by atoms with Crippen LogP contribution in [-0.4, -0.2) is 16.2 Å². The van der Waals surface area contributed by atoms with Crippen molar-refractivity contribution < 1.29 is 15.0 Å². The highest BCUT2D eigenvalue weighted by Crippen LogP contribution is 2.17. The molecule has 14 heavy (non-hydrogen) atoms. The second-order valence-electron chi connectivity index (χ2n) is 2.93. The van der Waals surface area contributed by atoms with Crippen LogP contribution >= 0.6 is 0 Å². The number of aliphatic carboxylic acids is 1. The van der Waals surface area contributed by atoms with Gasteiger partial charge in [-0.25, -0.2) is 4.79 Å². The standard InChI is InChI=1S/C10H9NO3/c1-6-4-7(9(12)10(13)14)2-3-8(6)5-11/h2-4,9,12H,1H3,(H,13,14). The first-order valence-corrected chi connectivity index (χ1v) is 3.97. The first-order chi connectivity index (χ1) is 6.56. The highest BCUT2D eigenvalue weighted by atomic mass is 16.4. The Kier molecular flexibility index (Phi) is 2.85. The van der Waals surface area contributed by atoms with Crippen LogP contribution in [0.4, 0.5) is 0 Å². The van der Waals surface area contributed by atoms with Crippen LogP contribution in [0.5, 0.6) is 0 Å². The number of carbonyl (C=O) groups is 1. The van der Waals surface area contributed by atoms with E-state index in [4.69, 9.17) is 10.4 Å². The summed E-state index contributed by atoms with van der Waals surface area (Å²) in [5, 5.41) is 26.4. The largest absolute Gasteiger partial charge is 0.479 e. The van der Waals surface area contributed by atoms with Crippen molar-refractivity contribution in [3.8, 4) is 6.07 Å². The molecule has 0 aliphatic carbocycles. The fourth-order valence-electron chi connectivity index (χ4n) is 1.12. The summed E-state index contributed by atoms with van der Waals surface area (Å²) in [6, 6.07) is 6.39. The number of nitriles is 1. The zero-order valence-electron chi connectivity index (χ0n) is 7.56. The van der Waals surface area contributed by atoms with Crippen LogP contribution in [-0.2, 0) is 4.79 Å². The Labute approximate surface area is 81.0 Å². The number of rotatable bonds is 2. The first-order valence-electron chi connectivity index (χ1n) is 3.97. The minimum Gasteiger partial charge on any atom is -0.479 e. The number of aliphatic hydroxyl groups is 1. The van der Waals surface area contributed by atoms with Gasteiger partial charge in [0.2, 0.25) is 0 Å². The maximum atomic E-state index is 10.5. The van der Waals surface area contributed by atoms with Crippen molar-refractivity contribution in [2.24, 2.45) is 0 Å². The maximum absolute atomic E-state index is 10.5. The summed E-state index contributed by atoms with van der Waals surface area (Å²) in [5.74, 6) is -1.30. The van der Waals surface area contributed by atoms with Gasteiger partial charge in [-0.05, 0) is 24.1 Å². The van der Waals surface area contributed by atoms with Crippen LogP contribution in [0.1, 0.15) is 22.8 Å². The van der Waals surface area contributed by atoms with E-state index in [1.807, 2.05) is 6.07 Å². The zero-order chi connectivity index (χ0) is 10.7. The lowest BCUT2D eigenvalue weighted by molar-refractivity contribution is -0.146. The predicted octanol–water partition coefficient (Wildman–Crippen LogP) is 0.985. The molecule has 2 N–H and O–H groups in total. The Morgan fingerprint density at radius 3 is 2.64 bits per heavy atom. The molecular weight excluding hydrogens is 182 g/mol. The summed E-state index contributed by atoms with van der Waals surface area (Å²) >= 11 is 0. The molecule has 0 heterocycles. The van der Waals surface area contributed by atoms with Crippen molar-refractivity contribution in [2.45, 2.75) is 13.0 Å². The van der Waals surface area contributed by atoms with Crippen LogP contribution < -0.4 is 0 Å². The van der Waals surface area contributed by atoms with E-state index in [1.165, 1.54) is 18.2 Å². The summed E-state index contributed by atoms with van der Waals surface area (Å²) in [5.41, 5.74) is 1.42. The lowest BCUT2D eigenvalue weighted by atomic mass is 10.0. The Morgan fingerprint density at radius 1 is 1.57 bits per heavy atom. The first kappa shape index (κ1) is 10.2. The molecule has 0 radical (unpaired) electrons. The van der Waals surface area contributed by atoms with Gasteiger partial charge >= 0.3 is 5.97 Å². The Hall–Kier alpha value is -1.86. The molecule has 4 nitrogen and oxygen atoms in total. The van der Waals surface area contributed by atoms with Crippen molar-refractivity contribution >= 4 is 5.97 Å². The monoisotopic (exact) mass is 191 g/mol. The second-order valence-corrected chi connectivity index (χ2v) is 2.93. The number of hydrogen-bond acceptors (Lipinski definition) is 3. The Balaban J connectivity index is 3.10. The van der Waals surface area contributed by atoms with Crippen molar-refractivity contribution in [1.82, 2.24) is 0 Å². The molecule has 1 aromatic rings. The molecule has 1 aromatic carbocycles. The molecule has 0 aliphatic heterocycles. The third-order valence-corrected chi connectivity index (χ3v) is 1.92. The van der Waals surface area contributed by atoms with Crippen LogP contribution in [0.25, 0.3) is 0 Å². The third kappa shape index (κ3) is 1.90. The highest BCUT2D eigenvalue weighted by molar-refractivity contribution is 5.74. The van der Waals surface area contributed by atoms with Gasteiger partial charge in [-0.2, -0.15) is 5.26 Å². The molecule has 0 aromatic heterocycles. The summed E-state index contributed by atoms with van der Waals surface area (Å²) in [7, 11) is 0. The van der Waals surface area contributed by atoms with Crippen LogP contribution in [0.2, 0.25) is 0 Å².